The summed E-state index contributed by atoms with van der Waals surface area (Å²) in [7, 11) is 2.06. The van der Waals surface area contributed by atoms with E-state index in [0.29, 0.717) is 0 Å². The summed E-state index contributed by atoms with van der Waals surface area (Å²) in [4.78, 5) is 9.00. The molecule has 0 aromatic carbocycles. The van der Waals surface area contributed by atoms with Crippen LogP contribution >= 0.6 is 0 Å². The van der Waals surface area contributed by atoms with E-state index in [4.69, 9.17) is 0 Å². The first-order valence-corrected chi connectivity index (χ1v) is 7.75. The summed E-state index contributed by atoms with van der Waals surface area (Å²) in [5, 5.41) is 0. The van der Waals surface area contributed by atoms with E-state index in [1.54, 1.807) is 0 Å². The third kappa shape index (κ3) is 2.67. The van der Waals surface area contributed by atoms with Gasteiger partial charge in [0.15, 0.2) is 5.82 Å². The lowest BCUT2D eigenvalue weighted by atomic mass is 9.97. The van der Waals surface area contributed by atoms with Crippen LogP contribution in [0.15, 0.2) is 24.7 Å². The number of rotatable bonds is 6. The molecule has 0 saturated carbocycles. The van der Waals surface area contributed by atoms with Crippen molar-refractivity contribution in [1.82, 2.24) is 4.98 Å². The number of hydrogen-bond acceptors (Lipinski definition) is 3. The Morgan fingerprint density at radius 3 is 2.50 bits per heavy atom. The van der Waals surface area contributed by atoms with E-state index < -0.39 is 0 Å². The minimum absolute atomic E-state index is 0.737. The largest absolute Gasteiger partial charge is 0.325 e. The first-order chi connectivity index (χ1) is 9.60. The van der Waals surface area contributed by atoms with Crippen molar-refractivity contribution in [2.45, 2.75) is 46.5 Å². The van der Waals surface area contributed by atoms with Gasteiger partial charge >= 0.3 is 0 Å². The molecule has 0 N–H and O–H groups in total. The molecule has 3 nitrogen and oxygen atoms in total. The Labute approximate surface area is 123 Å². The maximum atomic E-state index is 4.52. The molecule has 3 heteroatoms. The van der Waals surface area contributed by atoms with Gasteiger partial charge in [0, 0.05) is 19.8 Å². The highest BCUT2D eigenvalue weighted by atomic mass is 15.4. The van der Waals surface area contributed by atoms with Crippen LogP contribution in [0.4, 0.5) is 11.5 Å². The van der Waals surface area contributed by atoms with Crippen LogP contribution in [0.3, 0.4) is 0 Å². The van der Waals surface area contributed by atoms with Crippen molar-refractivity contribution in [2.24, 2.45) is 5.92 Å². The zero-order chi connectivity index (χ0) is 14.7. The van der Waals surface area contributed by atoms with E-state index in [1.807, 2.05) is 6.20 Å². The number of aryl methyl sites for hydroxylation is 1. The van der Waals surface area contributed by atoms with Crippen LogP contribution in [0.25, 0.3) is 0 Å². The monoisotopic (exact) mass is 273 g/mol. The molecule has 0 bridgehead atoms. The first-order valence-electron chi connectivity index (χ1n) is 7.75. The molecule has 1 aliphatic heterocycles. The summed E-state index contributed by atoms with van der Waals surface area (Å²) in [6.45, 7) is 12.0. The number of pyridine rings is 1. The van der Waals surface area contributed by atoms with Crippen molar-refractivity contribution in [3.8, 4) is 0 Å². The molecule has 0 atom stereocenters. The second-order valence-electron chi connectivity index (χ2n) is 5.83. The van der Waals surface area contributed by atoms with E-state index in [-0.39, 0.29) is 0 Å². The number of hydrogen-bond donors (Lipinski definition) is 0. The third-order valence-electron chi connectivity index (χ3n) is 4.23. The topological polar surface area (TPSA) is 19.4 Å². The van der Waals surface area contributed by atoms with E-state index in [2.05, 4.69) is 55.2 Å². The zero-order valence-electron chi connectivity index (χ0n) is 13.3. The van der Waals surface area contributed by atoms with Gasteiger partial charge in [0.2, 0.25) is 0 Å². The van der Waals surface area contributed by atoms with Crippen molar-refractivity contribution in [3.63, 3.8) is 0 Å². The van der Waals surface area contributed by atoms with Gasteiger partial charge in [-0.15, -0.1) is 0 Å². The molecule has 1 aliphatic rings. The Balaban J connectivity index is 2.26. The fourth-order valence-electron chi connectivity index (χ4n) is 3.15. The highest BCUT2D eigenvalue weighted by molar-refractivity contribution is 5.81. The third-order valence-corrected chi connectivity index (χ3v) is 4.23. The van der Waals surface area contributed by atoms with Gasteiger partial charge in [-0.05, 0) is 37.3 Å². The SMILES string of the molecule is C=C1N(C)c2nccc(C)c2N1CC(CCC)CCC. The Morgan fingerprint density at radius 1 is 1.25 bits per heavy atom. The standard InChI is InChI=1S/C17H27N3/c1-6-8-15(9-7-2)12-20-14(4)19(5)17-16(20)13(3)10-11-18-17/h10-11,15H,4,6-9,12H2,1-3,5H3. The molecule has 20 heavy (non-hydrogen) atoms. The predicted molar refractivity (Wildman–Crippen MR) is 87.2 cm³/mol. The van der Waals surface area contributed by atoms with Gasteiger partial charge in [0.05, 0.1) is 5.69 Å². The zero-order valence-corrected chi connectivity index (χ0v) is 13.3. The van der Waals surface area contributed by atoms with Crippen molar-refractivity contribution in [2.75, 3.05) is 23.4 Å². The summed E-state index contributed by atoms with van der Waals surface area (Å²) in [6.07, 6.45) is 6.96. The van der Waals surface area contributed by atoms with Crippen LogP contribution in [0.1, 0.15) is 45.1 Å². The number of anilines is 2. The predicted octanol–water partition coefficient (Wildman–Crippen LogP) is 4.33. The quantitative estimate of drug-likeness (QED) is 0.769. The van der Waals surface area contributed by atoms with Gasteiger partial charge in [0.1, 0.15) is 5.82 Å². The van der Waals surface area contributed by atoms with Crippen LogP contribution in [-0.4, -0.2) is 18.6 Å². The normalized spacial score (nSPS) is 14.3. The lowest BCUT2D eigenvalue weighted by Gasteiger charge is -2.27. The van der Waals surface area contributed by atoms with Gasteiger partial charge < -0.3 is 9.80 Å². The summed E-state index contributed by atoms with van der Waals surface area (Å²) in [6, 6.07) is 2.09. The maximum Gasteiger partial charge on any atom is 0.158 e. The molecule has 1 aromatic heterocycles. The van der Waals surface area contributed by atoms with Gasteiger partial charge in [-0.25, -0.2) is 4.98 Å². The van der Waals surface area contributed by atoms with Crippen LogP contribution in [-0.2, 0) is 0 Å². The molecule has 110 valence electrons. The Morgan fingerprint density at radius 2 is 1.90 bits per heavy atom. The highest BCUT2D eigenvalue weighted by Crippen LogP contribution is 2.41. The molecule has 0 unspecified atom stereocenters. The van der Waals surface area contributed by atoms with Gasteiger partial charge in [0.25, 0.3) is 0 Å². The summed E-state index contributed by atoms with van der Waals surface area (Å²) >= 11 is 0. The summed E-state index contributed by atoms with van der Waals surface area (Å²) in [5.41, 5.74) is 2.53. The smallest absolute Gasteiger partial charge is 0.158 e. The minimum atomic E-state index is 0.737. The molecule has 0 fully saturated rings. The average molecular weight is 273 g/mol. The number of aromatic nitrogens is 1. The van der Waals surface area contributed by atoms with E-state index in [9.17, 15) is 0 Å². The number of nitrogens with zero attached hydrogens (tertiary/aromatic N) is 3. The molecule has 0 amide bonds. The molecular weight excluding hydrogens is 246 g/mol. The first kappa shape index (κ1) is 14.9. The van der Waals surface area contributed by atoms with Gasteiger partial charge in [-0.3, -0.25) is 0 Å². The van der Waals surface area contributed by atoms with Gasteiger partial charge in [-0.1, -0.05) is 33.3 Å². The van der Waals surface area contributed by atoms with Crippen LogP contribution in [0.2, 0.25) is 0 Å². The molecule has 0 aliphatic carbocycles. The number of fused-ring (bicyclic) bond motifs is 1. The van der Waals surface area contributed by atoms with E-state index in [1.165, 1.54) is 36.9 Å². The lowest BCUT2D eigenvalue weighted by Crippen LogP contribution is -2.30. The lowest BCUT2D eigenvalue weighted by molar-refractivity contribution is 0.444. The van der Waals surface area contributed by atoms with E-state index >= 15 is 0 Å². The summed E-state index contributed by atoms with van der Waals surface area (Å²) in [5.74, 6) is 2.83. The average Bonchev–Trinajstić information content (AvgIpc) is 2.66. The fraction of sp³-hybridized carbons (Fsp3) is 0.588. The molecule has 2 rings (SSSR count). The van der Waals surface area contributed by atoms with Crippen molar-refractivity contribution >= 4 is 11.5 Å². The molecule has 0 spiro atoms. The minimum Gasteiger partial charge on any atom is -0.325 e. The van der Waals surface area contributed by atoms with Crippen molar-refractivity contribution < 1.29 is 0 Å². The highest BCUT2D eigenvalue weighted by Gasteiger charge is 2.31. The van der Waals surface area contributed by atoms with Gasteiger partial charge in [-0.2, -0.15) is 0 Å². The molecule has 0 radical (unpaired) electrons. The van der Waals surface area contributed by atoms with E-state index in [0.717, 1.165) is 24.1 Å². The second-order valence-corrected chi connectivity index (χ2v) is 5.83. The second kappa shape index (κ2) is 6.29. The van der Waals surface area contributed by atoms with Crippen LogP contribution < -0.4 is 9.80 Å². The maximum absolute atomic E-state index is 4.52. The summed E-state index contributed by atoms with van der Waals surface area (Å²) < 4.78 is 0. The molecule has 0 saturated heterocycles. The Hall–Kier alpha value is -1.51. The molecular formula is C17H27N3. The van der Waals surface area contributed by atoms with Crippen LogP contribution in [0.5, 0.6) is 0 Å². The van der Waals surface area contributed by atoms with Crippen molar-refractivity contribution in [1.29, 1.82) is 0 Å². The molecule has 2 heterocycles. The fourth-order valence-corrected chi connectivity index (χ4v) is 3.15. The van der Waals surface area contributed by atoms with Crippen LogP contribution in [0, 0.1) is 12.8 Å². The van der Waals surface area contributed by atoms with Crippen molar-refractivity contribution in [3.05, 3.63) is 30.2 Å². The Bertz CT molecular complexity index is 475. The Kier molecular flexibility index (Phi) is 4.69. The molecule has 1 aromatic rings.